The molecule has 29 heavy (non-hydrogen) atoms. The van der Waals surface area contributed by atoms with Gasteiger partial charge < -0.3 is 15.3 Å². The fraction of sp³-hybridized carbons (Fsp3) is 0.762. The summed E-state index contributed by atoms with van der Waals surface area (Å²) in [6.45, 7) is 7.06. The molecule has 7 nitrogen and oxygen atoms in total. The van der Waals surface area contributed by atoms with Crippen molar-refractivity contribution in [3.8, 4) is 0 Å². The molecule has 0 unspecified atom stereocenters. The van der Waals surface area contributed by atoms with Crippen LogP contribution in [-0.4, -0.2) is 70.0 Å². The molecule has 4 heterocycles. The fourth-order valence-electron chi connectivity index (χ4n) is 5.36. The van der Waals surface area contributed by atoms with E-state index < -0.39 is 6.04 Å². The first-order chi connectivity index (χ1) is 14.0. The molecule has 4 rings (SSSR count). The minimum Gasteiger partial charge on any atom is -0.395 e. The molecule has 0 spiro atoms. The number of aliphatic hydroxyl groups is 1. The van der Waals surface area contributed by atoms with Crippen LogP contribution < -0.4 is 5.32 Å². The molecule has 1 aromatic heterocycles. The van der Waals surface area contributed by atoms with Crippen molar-refractivity contribution in [3.05, 3.63) is 16.1 Å². The number of thiazole rings is 1. The van der Waals surface area contributed by atoms with Gasteiger partial charge >= 0.3 is 0 Å². The van der Waals surface area contributed by atoms with E-state index >= 15 is 0 Å². The number of piperidine rings is 3. The first kappa shape index (κ1) is 20.8. The minimum atomic E-state index is -0.416. The van der Waals surface area contributed by atoms with E-state index in [1.807, 2.05) is 4.90 Å². The Bertz CT molecular complexity index is 752. The second kappa shape index (κ2) is 8.70. The third-order valence-electron chi connectivity index (χ3n) is 6.62. The van der Waals surface area contributed by atoms with Crippen LogP contribution in [0.1, 0.15) is 56.2 Å². The SMILES string of the molecule is CC(C)c1csc(CN2C[C@@H]3C[C@H](C2)[C@H](C(=O)NCCO)N2C(=O)CCC[C@@H]32)n1. The summed E-state index contributed by atoms with van der Waals surface area (Å²) < 4.78 is 0. The number of likely N-dealkylation sites (tertiary alicyclic amines) is 1. The molecule has 1 aromatic rings. The quantitative estimate of drug-likeness (QED) is 0.730. The van der Waals surface area contributed by atoms with Gasteiger partial charge in [-0.05, 0) is 31.1 Å². The van der Waals surface area contributed by atoms with Crippen LogP contribution >= 0.6 is 11.3 Å². The smallest absolute Gasteiger partial charge is 0.243 e. The number of hydrogen-bond donors (Lipinski definition) is 2. The Morgan fingerprint density at radius 2 is 2.17 bits per heavy atom. The van der Waals surface area contributed by atoms with Crippen LogP contribution in [0.2, 0.25) is 0 Å². The largest absolute Gasteiger partial charge is 0.395 e. The monoisotopic (exact) mass is 420 g/mol. The third kappa shape index (κ3) is 4.20. The van der Waals surface area contributed by atoms with Gasteiger partial charge in [-0.2, -0.15) is 0 Å². The Hall–Kier alpha value is -1.51. The zero-order chi connectivity index (χ0) is 20.5. The lowest BCUT2D eigenvalue weighted by Gasteiger charge is -2.55. The molecule has 3 aliphatic rings. The number of nitrogens with one attached hydrogen (secondary N) is 1. The van der Waals surface area contributed by atoms with Gasteiger partial charge in [-0.25, -0.2) is 4.98 Å². The maximum Gasteiger partial charge on any atom is 0.243 e. The van der Waals surface area contributed by atoms with Crippen molar-refractivity contribution in [1.82, 2.24) is 20.1 Å². The predicted molar refractivity (Wildman–Crippen MR) is 111 cm³/mol. The third-order valence-corrected chi connectivity index (χ3v) is 7.47. The highest BCUT2D eigenvalue weighted by Crippen LogP contribution is 2.42. The maximum atomic E-state index is 13.0. The molecule has 2 N–H and O–H groups in total. The van der Waals surface area contributed by atoms with Crippen molar-refractivity contribution in [2.24, 2.45) is 11.8 Å². The van der Waals surface area contributed by atoms with Gasteiger partial charge in [0.05, 0.1) is 18.8 Å². The van der Waals surface area contributed by atoms with Crippen molar-refractivity contribution >= 4 is 23.2 Å². The Balaban J connectivity index is 1.53. The summed E-state index contributed by atoms with van der Waals surface area (Å²) in [7, 11) is 0. The Labute approximate surface area is 176 Å². The first-order valence-corrected chi connectivity index (χ1v) is 11.7. The summed E-state index contributed by atoms with van der Waals surface area (Å²) in [6, 6.07) is -0.261. The number of nitrogens with zero attached hydrogens (tertiary/aromatic N) is 3. The van der Waals surface area contributed by atoms with Crippen LogP contribution in [0, 0.1) is 11.8 Å². The molecular weight excluding hydrogens is 388 g/mol. The van der Waals surface area contributed by atoms with Gasteiger partial charge in [0.25, 0.3) is 0 Å². The summed E-state index contributed by atoms with van der Waals surface area (Å²) in [5.74, 6) is 0.998. The normalized spacial score (nSPS) is 29.8. The molecule has 3 saturated heterocycles. The molecule has 2 bridgehead atoms. The number of hydrogen-bond acceptors (Lipinski definition) is 6. The summed E-state index contributed by atoms with van der Waals surface area (Å²) in [5, 5.41) is 15.2. The molecule has 160 valence electrons. The van der Waals surface area contributed by atoms with Crippen molar-refractivity contribution in [3.63, 3.8) is 0 Å². The average molecular weight is 421 g/mol. The lowest BCUT2D eigenvalue weighted by molar-refractivity contribution is -0.160. The van der Waals surface area contributed by atoms with Gasteiger partial charge in [0.15, 0.2) is 0 Å². The van der Waals surface area contributed by atoms with E-state index in [2.05, 4.69) is 29.4 Å². The van der Waals surface area contributed by atoms with Crippen molar-refractivity contribution in [2.45, 2.75) is 64.1 Å². The highest BCUT2D eigenvalue weighted by Gasteiger charge is 2.51. The second-order valence-electron chi connectivity index (χ2n) is 8.99. The van der Waals surface area contributed by atoms with E-state index in [4.69, 9.17) is 10.1 Å². The van der Waals surface area contributed by atoms with E-state index in [0.29, 0.717) is 18.3 Å². The molecule has 3 aliphatic heterocycles. The lowest BCUT2D eigenvalue weighted by atomic mass is 9.71. The number of carbonyl (C=O) groups is 2. The summed E-state index contributed by atoms with van der Waals surface area (Å²) in [4.78, 5) is 34.9. The molecule has 4 atom stereocenters. The summed E-state index contributed by atoms with van der Waals surface area (Å²) in [5.41, 5.74) is 1.15. The standard InChI is InChI=1S/C21H32N4O3S/c1-13(2)16-12-29-18(23-16)11-24-9-14-8-15(10-24)20(21(28)22-6-7-26)25-17(14)4-3-5-19(25)27/h12-15,17,20,26H,3-11H2,1-2H3,(H,22,28)/t14-,15+,17-,20+/m0/s1. The van der Waals surface area contributed by atoms with Gasteiger partial charge in [0.1, 0.15) is 11.0 Å². The van der Waals surface area contributed by atoms with Crippen LogP contribution in [0.25, 0.3) is 0 Å². The van der Waals surface area contributed by atoms with Gasteiger partial charge in [0, 0.05) is 43.4 Å². The van der Waals surface area contributed by atoms with Crippen LogP contribution in [0.5, 0.6) is 0 Å². The molecule has 0 saturated carbocycles. The van der Waals surface area contributed by atoms with Crippen molar-refractivity contribution in [2.75, 3.05) is 26.2 Å². The van der Waals surface area contributed by atoms with E-state index in [1.165, 1.54) is 0 Å². The Kier molecular flexibility index (Phi) is 6.22. The number of aliphatic hydroxyl groups excluding tert-OH is 1. The summed E-state index contributed by atoms with van der Waals surface area (Å²) in [6.07, 6.45) is 3.43. The lowest BCUT2D eigenvalue weighted by Crippen LogP contribution is -2.68. The molecule has 0 aromatic carbocycles. The van der Waals surface area contributed by atoms with Crippen molar-refractivity contribution in [1.29, 1.82) is 0 Å². The zero-order valence-electron chi connectivity index (χ0n) is 17.3. The Morgan fingerprint density at radius 3 is 2.90 bits per heavy atom. The van der Waals surface area contributed by atoms with Crippen molar-refractivity contribution < 1.29 is 14.7 Å². The fourth-order valence-corrected chi connectivity index (χ4v) is 6.35. The zero-order valence-corrected chi connectivity index (χ0v) is 18.2. The molecule has 0 aliphatic carbocycles. The highest BCUT2D eigenvalue weighted by atomic mass is 32.1. The topological polar surface area (TPSA) is 85.8 Å². The van der Waals surface area contributed by atoms with E-state index in [0.717, 1.165) is 49.6 Å². The van der Waals surface area contributed by atoms with Crippen LogP contribution in [-0.2, 0) is 16.1 Å². The van der Waals surface area contributed by atoms with E-state index in [9.17, 15) is 9.59 Å². The Morgan fingerprint density at radius 1 is 1.38 bits per heavy atom. The van der Waals surface area contributed by atoms with Gasteiger partial charge in [0.2, 0.25) is 11.8 Å². The van der Waals surface area contributed by atoms with Gasteiger partial charge in [-0.1, -0.05) is 13.8 Å². The maximum absolute atomic E-state index is 13.0. The average Bonchev–Trinajstić information content (AvgIpc) is 3.16. The first-order valence-electron chi connectivity index (χ1n) is 10.8. The van der Waals surface area contributed by atoms with Crippen LogP contribution in [0.4, 0.5) is 0 Å². The van der Waals surface area contributed by atoms with Crippen LogP contribution in [0.15, 0.2) is 5.38 Å². The highest BCUT2D eigenvalue weighted by molar-refractivity contribution is 7.09. The predicted octanol–water partition coefficient (Wildman–Crippen LogP) is 1.58. The molecule has 3 fully saturated rings. The van der Waals surface area contributed by atoms with Gasteiger partial charge in [-0.15, -0.1) is 11.3 Å². The number of rotatable bonds is 6. The van der Waals surface area contributed by atoms with E-state index in [1.54, 1.807) is 11.3 Å². The van der Waals surface area contributed by atoms with E-state index in [-0.39, 0.29) is 36.9 Å². The number of aromatic nitrogens is 1. The number of fused-ring (bicyclic) bond motifs is 4. The number of amides is 2. The molecule has 2 amide bonds. The van der Waals surface area contributed by atoms with Crippen LogP contribution in [0.3, 0.4) is 0 Å². The molecule has 0 radical (unpaired) electrons. The molecule has 8 heteroatoms. The second-order valence-corrected chi connectivity index (χ2v) is 9.93. The number of carbonyl (C=O) groups excluding carboxylic acids is 2. The van der Waals surface area contributed by atoms with Gasteiger partial charge in [-0.3, -0.25) is 14.5 Å². The summed E-state index contributed by atoms with van der Waals surface area (Å²) >= 11 is 1.72. The minimum absolute atomic E-state index is 0.0858. The molecular formula is C21H32N4O3S.